The molecule has 0 spiro atoms. The highest BCUT2D eigenvalue weighted by Gasteiger charge is 2.16. The van der Waals surface area contributed by atoms with E-state index in [1.54, 1.807) is 20.0 Å². The quantitative estimate of drug-likeness (QED) is 0.218. The Morgan fingerprint density at radius 2 is 1.64 bits per heavy atom. The molecule has 2 aromatic rings. The summed E-state index contributed by atoms with van der Waals surface area (Å²) in [6.07, 6.45) is 0.890. The fraction of sp³-hybridized carbons (Fsp3) is 0.350. The van der Waals surface area contributed by atoms with E-state index in [2.05, 4.69) is 32.5 Å². The summed E-state index contributed by atoms with van der Waals surface area (Å²) in [4.78, 5) is 4.48. The van der Waals surface area contributed by atoms with E-state index in [9.17, 15) is 8.42 Å². The van der Waals surface area contributed by atoms with Crippen molar-refractivity contribution in [3.05, 3.63) is 65.2 Å². The van der Waals surface area contributed by atoms with Crippen LogP contribution in [0.4, 0.5) is 0 Å². The molecule has 6 nitrogen and oxygen atoms in total. The van der Waals surface area contributed by atoms with Crippen molar-refractivity contribution >= 4 is 40.0 Å². The third-order valence-electron chi connectivity index (χ3n) is 4.12. The van der Waals surface area contributed by atoms with Crippen LogP contribution in [-0.2, 0) is 16.4 Å². The van der Waals surface area contributed by atoms with E-state index in [0.717, 1.165) is 24.1 Å². The maximum Gasteiger partial charge on any atom is 0.240 e. The fourth-order valence-electron chi connectivity index (χ4n) is 2.63. The minimum absolute atomic E-state index is 0. The van der Waals surface area contributed by atoms with Crippen molar-refractivity contribution in [3.63, 3.8) is 0 Å². The second kappa shape index (κ2) is 12.0. The zero-order chi connectivity index (χ0) is 19.7. The van der Waals surface area contributed by atoms with Gasteiger partial charge < -0.3 is 10.6 Å². The number of hydrogen-bond acceptors (Lipinski definition) is 3. The zero-order valence-electron chi connectivity index (χ0n) is 16.5. The second-order valence-corrected chi connectivity index (χ2v) is 8.06. The number of hydrogen-bond donors (Lipinski definition) is 3. The third-order valence-corrected chi connectivity index (χ3v) is 5.72. The Balaban J connectivity index is 0.00000392. The summed E-state index contributed by atoms with van der Waals surface area (Å²) in [5, 5.41) is 6.34. The summed E-state index contributed by atoms with van der Waals surface area (Å²) in [6.45, 7) is 5.14. The van der Waals surface area contributed by atoms with Gasteiger partial charge in [-0.3, -0.25) is 4.99 Å². The molecule has 0 saturated heterocycles. The maximum absolute atomic E-state index is 12.5. The van der Waals surface area contributed by atoms with Crippen LogP contribution in [-0.4, -0.2) is 41.1 Å². The number of aryl methyl sites for hydroxylation is 2. The first-order valence-electron chi connectivity index (χ1n) is 8.98. The van der Waals surface area contributed by atoms with E-state index in [1.807, 2.05) is 37.3 Å². The van der Waals surface area contributed by atoms with Crippen molar-refractivity contribution in [2.45, 2.75) is 25.2 Å². The van der Waals surface area contributed by atoms with Gasteiger partial charge in [0.1, 0.15) is 0 Å². The molecule has 0 aliphatic heterocycles. The molecule has 0 aliphatic carbocycles. The summed E-state index contributed by atoms with van der Waals surface area (Å²) in [5.41, 5.74) is 2.91. The van der Waals surface area contributed by atoms with Crippen LogP contribution in [0.1, 0.15) is 16.7 Å². The molecule has 0 atom stereocenters. The summed E-state index contributed by atoms with van der Waals surface area (Å²) in [6, 6.07) is 15.6. The minimum Gasteiger partial charge on any atom is -0.356 e. The molecule has 28 heavy (non-hydrogen) atoms. The van der Waals surface area contributed by atoms with Gasteiger partial charge in [-0.25, -0.2) is 13.1 Å². The van der Waals surface area contributed by atoms with Crippen LogP contribution in [0, 0.1) is 13.8 Å². The number of aliphatic imine (C=N–C) groups is 1. The number of nitrogens with one attached hydrogen (secondary N) is 3. The van der Waals surface area contributed by atoms with Gasteiger partial charge in [0.25, 0.3) is 0 Å². The molecule has 0 heterocycles. The van der Waals surface area contributed by atoms with Crippen molar-refractivity contribution in [2.24, 2.45) is 4.99 Å². The molecule has 0 amide bonds. The van der Waals surface area contributed by atoms with E-state index < -0.39 is 10.0 Å². The van der Waals surface area contributed by atoms with E-state index in [0.29, 0.717) is 17.4 Å². The van der Waals surface area contributed by atoms with Crippen molar-refractivity contribution in [1.82, 2.24) is 15.4 Å². The lowest BCUT2D eigenvalue weighted by atomic mass is 10.1. The number of sulfonamides is 1. The average Bonchev–Trinajstić information content (AvgIpc) is 2.66. The monoisotopic (exact) mass is 516 g/mol. The van der Waals surface area contributed by atoms with Gasteiger partial charge in [0.15, 0.2) is 5.96 Å². The van der Waals surface area contributed by atoms with Gasteiger partial charge in [-0.15, -0.1) is 24.0 Å². The Labute approximate surface area is 185 Å². The molecule has 0 radical (unpaired) electrons. The van der Waals surface area contributed by atoms with Gasteiger partial charge in [0.2, 0.25) is 10.0 Å². The molecule has 8 heteroatoms. The average molecular weight is 516 g/mol. The molecule has 0 aliphatic rings. The van der Waals surface area contributed by atoms with Gasteiger partial charge in [-0.05, 0) is 43.0 Å². The number of rotatable bonds is 8. The Morgan fingerprint density at radius 1 is 0.964 bits per heavy atom. The number of guanidine groups is 1. The molecule has 0 saturated carbocycles. The lowest BCUT2D eigenvalue weighted by Crippen LogP contribution is -2.42. The first-order chi connectivity index (χ1) is 12.9. The fourth-order valence-corrected chi connectivity index (χ4v) is 3.99. The highest BCUT2D eigenvalue weighted by molar-refractivity contribution is 14.0. The van der Waals surface area contributed by atoms with Crippen LogP contribution >= 0.6 is 24.0 Å². The highest BCUT2D eigenvalue weighted by Crippen LogP contribution is 2.16. The molecule has 0 bridgehead atoms. The molecule has 0 unspecified atom stereocenters. The number of benzene rings is 2. The van der Waals surface area contributed by atoms with Gasteiger partial charge >= 0.3 is 0 Å². The van der Waals surface area contributed by atoms with Crippen molar-refractivity contribution < 1.29 is 8.42 Å². The Bertz CT molecular complexity index is 871. The molecular weight excluding hydrogens is 487 g/mol. The highest BCUT2D eigenvalue weighted by atomic mass is 127. The Morgan fingerprint density at radius 3 is 2.32 bits per heavy atom. The number of nitrogens with zero attached hydrogens (tertiary/aromatic N) is 1. The van der Waals surface area contributed by atoms with Gasteiger partial charge in [-0.2, -0.15) is 0 Å². The lowest BCUT2D eigenvalue weighted by Gasteiger charge is -2.13. The smallest absolute Gasteiger partial charge is 0.240 e. The predicted octanol–water partition coefficient (Wildman–Crippen LogP) is 2.61. The first kappa shape index (κ1) is 24.4. The SMILES string of the molecule is CN=C(NCCNS(=O)(=O)c1cc(C)ccc1C)NCCc1ccccc1.I. The molecule has 0 aromatic heterocycles. The molecule has 2 aromatic carbocycles. The van der Waals surface area contributed by atoms with Crippen LogP contribution < -0.4 is 15.4 Å². The maximum atomic E-state index is 12.5. The molecule has 2 rings (SSSR count). The van der Waals surface area contributed by atoms with Crippen molar-refractivity contribution in [1.29, 1.82) is 0 Å². The largest absolute Gasteiger partial charge is 0.356 e. The van der Waals surface area contributed by atoms with Crippen molar-refractivity contribution in [3.8, 4) is 0 Å². The summed E-state index contributed by atoms with van der Waals surface area (Å²) in [7, 11) is -1.83. The topological polar surface area (TPSA) is 82.6 Å². The zero-order valence-corrected chi connectivity index (χ0v) is 19.7. The van der Waals surface area contributed by atoms with Crippen LogP contribution in [0.3, 0.4) is 0 Å². The lowest BCUT2D eigenvalue weighted by molar-refractivity contribution is 0.580. The Hall–Kier alpha value is -1.65. The van der Waals surface area contributed by atoms with Crippen LogP contribution in [0.15, 0.2) is 58.4 Å². The van der Waals surface area contributed by atoms with E-state index in [-0.39, 0.29) is 30.5 Å². The van der Waals surface area contributed by atoms with E-state index >= 15 is 0 Å². The third kappa shape index (κ3) is 7.76. The number of halogens is 1. The van der Waals surface area contributed by atoms with Crippen molar-refractivity contribution in [2.75, 3.05) is 26.7 Å². The van der Waals surface area contributed by atoms with Gasteiger partial charge in [0.05, 0.1) is 4.90 Å². The van der Waals surface area contributed by atoms with Crippen LogP contribution in [0.2, 0.25) is 0 Å². The van der Waals surface area contributed by atoms with Gasteiger partial charge in [-0.1, -0.05) is 42.5 Å². The second-order valence-electron chi connectivity index (χ2n) is 6.33. The molecule has 0 fully saturated rings. The molecule has 154 valence electrons. The van der Waals surface area contributed by atoms with Crippen LogP contribution in [0.5, 0.6) is 0 Å². The van der Waals surface area contributed by atoms with E-state index in [1.165, 1.54) is 5.56 Å². The predicted molar refractivity (Wildman–Crippen MR) is 126 cm³/mol. The van der Waals surface area contributed by atoms with Crippen LogP contribution in [0.25, 0.3) is 0 Å². The Kier molecular flexibility index (Phi) is 10.5. The van der Waals surface area contributed by atoms with Gasteiger partial charge in [0, 0.05) is 26.7 Å². The molecular formula is C20H29IN4O2S. The molecule has 3 N–H and O–H groups in total. The summed E-state index contributed by atoms with van der Waals surface area (Å²) < 4.78 is 27.6. The first-order valence-corrected chi connectivity index (χ1v) is 10.5. The normalized spacial score (nSPS) is 11.6. The summed E-state index contributed by atoms with van der Waals surface area (Å²) in [5.74, 6) is 0.650. The minimum atomic E-state index is -3.52. The standard InChI is InChI=1S/C20H28N4O2S.HI/c1-16-9-10-17(2)19(15-16)27(25,26)24-14-13-23-20(21-3)22-12-11-18-7-5-4-6-8-18;/h4-10,15,24H,11-14H2,1-3H3,(H2,21,22,23);1H. The summed E-state index contributed by atoms with van der Waals surface area (Å²) >= 11 is 0. The van der Waals surface area contributed by atoms with E-state index in [4.69, 9.17) is 0 Å².